The van der Waals surface area contributed by atoms with E-state index in [9.17, 15) is 14.7 Å². The number of rotatable bonds is 8. The summed E-state index contributed by atoms with van der Waals surface area (Å²) in [6.45, 7) is 8.23. The molecule has 1 aliphatic heterocycles. The van der Waals surface area contributed by atoms with Crippen molar-refractivity contribution in [3.63, 3.8) is 0 Å². The Morgan fingerprint density at radius 2 is 1.73 bits per heavy atom. The van der Waals surface area contributed by atoms with Crippen LogP contribution in [0.15, 0.2) is 91.0 Å². The number of benzene rings is 4. The summed E-state index contributed by atoms with van der Waals surface area (Å²) in [5, 5.41) is 18.1. The Balaban J connectivity index is 1.39. The van der Waals surface area contributed by atoms with Crippen molar-refractivity contribution in [1.29, 1.82) is 0 Å². The summed E-state index contributed by atoms with van der Waals surface area (Å²) < 4.78 is 12.9. The van der Waals surface area contributed by atoms with Crippen molar-refractivity contribution in [2.75, 3.05) is 44.0 Å². The highest BCUT2D eigenvalue weighted by Crippen LogP contribution is 2.29. The maximum absolute atomic E-state index is 14.5. The van der Waals surface area contributed by atoms with Crippen LogP contribution in [-0.2, 0) is 11.3 Å². The summed E-state index contributed by atoms with van der Waals surface area (Å²) >= 11 is 0. The van der Waals surface area contributed by atoms with Gasteiger partial charge in [0, 0.05) is 43.2 Å². The SMILES string of the molecule is C[C@@H]1CN([C@H](C)CO)C(=O)c2cc(NC(=O)Nc3cccc4ccccc34)ccc2O[C@@H](C)CCCCO[C@@H]1CN(C)Cc1ccccc1. The lowest BCUT2D eigenvalue weighted by molar-refractivity contribution is -0.0177. The number of anilines is 2. The van der Waals surface area contributed by atoms with Crippen LogP contribution < -0.4 is 15.4 Å². The minimum Gasteiger partial charge on any atom is -0.490 e. The predicted octanol–water partition coefficient (Wildman–Crippen LogP) is 7.41. The summed E-state index contributed by atoms with van der Waals surface area (Å²) in [7, 11) is 2.09. The molecule has 9 nitrogen and oxygen atoms in total. The van der Waals surface area contributed by atoms with Gasteiger partial charge < -0.3 is 30.1 Å². The molecular formula is C40H50N4O5. The van der Waals surface area contributed by atoms with E-state index >= 15 is 0 Å². The number of carbonyl (C=O) groups excluding carboxylic acids is 2. The number of fused-ring (bicyclic) bond motifs is 2. The first-order valence-corrected chi connectivity index (χ1v) is 17.3. The molecule has 5 rings (SSSR count). The Labute approximate surface area is 290 Å². The van der Waals surface area contributed by atoms with E-state index in [2.05, 4.69) is 41.6 Å². The topological polar surface area (TPSA) is 103 Å². The number of aliphatic hydroxyl groups is 1. The zero-order valence-electron chi connectivity index (χ0n) is 29.1. The summed E-state index contributed by atoms with van der Waals surface area (Å²) in [5.41, 5.74) is 2.70. The molecule has 0 aromatic heterocycles. The van der Waals surface area contributed by atoms with E-state index < -0.39 is 12.1 Å². The molecule has 3 amide bonds. The van der Waals surface area contributed by atoms with Crippen LogP contribution in [-0.4, -0.2) is 78.4 Å². The van der Waals surface area contributed by atoms with Gasteiger partial charge in [-0.2, -0.15) is 0 Å². The van der Waals surface area contributed by atoms with Gasteiger partial charge >= 0.3 is 6.03 Å². The molecule has 3 N–H and O–H groups in total. The van der Waals surface area contributed by atoms with E-state index in [0.29, 0.717) is 42.4 Å². The second-order valence-electron chi connectivity index (χ2n) is 13.3. The lowest BCUT2D eigenvalue weighted by Crippen LogP contribution is -2.47. The highest BCUT2D eigenvalue weighted by Gasteiger charge is 2.30. The van der Waals surface area contributed by atoms with Gasteiger partial charge in [0.25, 0.3) is 5.91 Å². The lowest BCUT2D eigenvalue weighted by atomic mass is 10.0. The van der Waals surface area contributed by atoms with Gasteiger partial charge in [-0.1, -0.05) is 73.7 Å². The number of carbonyl (C=O) groups is 2. The van der Waals surface area contributed by atoms with Gasteiger partial charge in [-0.05, 0) is 75.4 Å². The molecule has 0 saturated carbocycles. The zero-order chi connectivity index (χ0) is 34.8. The molecule has 1 heterocycles. The molecule has 0 unspecified atom stereocenters. The summed E-state index contributed by atoms with van der Waals surface area (Å²) in [4.78, 5) is 31.6. The first-order chi connectivity index (χ1) is 23.7. The van der Waals surface area contributed by atoms with Gasteiger partial charge in [0.1, 0.15) is 5.75 Å². The van der Waals surface area contributed by atoms with E-state index in [4.69, 9.17) is 9.47 Å². The van der Waals surface area contributed by atoms with Gasteiger partial charge in [0.15, 0.2) is 0 Å². The average Bonchev–Trinajstić information content (AvgIpc) is 3.10. The predicted molar refractivity (Wildman–Crippen MR) is 196 cm³/mol. The Morgan fingerprint density at radius 3 is 2.53 bits per heavy atom. The third kappa shape index (κ3) is 9.81. The fourth-order valence-electron chi connectivity index (χ4n) is 6.35. The second kappa shape index (κ2) is 17.3. The van der Waals surface area contributed by atoms with Crippen LogP contribution in [0.5, 0.6) is 5.75 Å². The Morgan fingerprint density at radius 1 is 0.980 bits per heavy atom. The molecule has 9 heteroatoms. The number of urea groups is 1. The van der Waals surface area contributed by atoms with E-state index in [1.54, 1.807) is 23.1 Å². The van der Waals surface area contributed by atoms with Crippen molar-refractivity contribution in [3.05, 3.63) is 102 Å². The Hall–Kier alpha value is -4.44. The van der Waals surface area contributed by atoms with E-state index in [0.717, 1.165) is 36.6 Å². The number of aliphatic hydroxyl groups excluding tert-OH is 1. The number of hydrogen-bond donors (Lipinski definition) is 3. The molecule has 49 heavy (non-hydrogen) atoms. The van der Waals surface area contributed by atoms with Crippen LogP contribution in [0.1, 0.15) is 56.0 Å². The van der Waals surface area contributed by atoms with Crippen molar-refractivity contribution in [2.24, 2.45) is 5.92 Å². The van der Waals surface area contributed by atoms with Gasteiger partial charge in [0.05, 0.1) is 36.1 Å². The number of hydrogen-bond acceptors (Lipinski definition) is 6. The maximum Gasteiger partial charge on any atom is 0.323 e. The van der Waals surface area contributed by atoms with Gasteiger partial charge in [0.2, 0.25) is 0 Å². The van der Waals surface area contributed by atoms with Gasteiger partial charge in [-0.3, -0.25) is 9.69 Å². The number of likely N-dealkylation sites (N-methyl/N-ethyl adjacent to an activating group) is 1. The molecule has 0 fully saturated rings. The quantitative estimate of drug-likeness (QED) is 0.181. The van der Waals surface area contributed by atoms with Gasteiger partial charge in [-0.15, -0.1) is 0 Å². The lowest BCUT2D eigenvalue weighted by Gasteiger charge is -2.36. The van der Waals surface area contributed by atoms with Crippen molar-refractivity contribution < 1.29 is 24.2 Å². The fourth-order valence-corrected chi connectivity index (χ4v) is 6.35. The van der Waals surface area contributed by atoms with Crippen molar-refractivity contribution in [1.82, 2.24) is 9.80 Å². The first kappa shape index (κ1) is 35.9. The molecule has 260 valence electrons. The monoisotopic (exact) mass is 666 g/mol. The maximum atomic E-state index is 14.5. The van der Waals surface area contributed by atoms with Crippen LogP contribution in [0.2, 0.25) is 0 Å². The molecular weight excluding hydrogens is 616 g/mol. The molecule has 0 saturated heterocycles. The third-order valence-electron chi connectivity index (χ3n) is 9.13. The molecule has 4 atom stereocenters. The smallest absolute Gasteiger partial charge is 0.323 e. The fraction of sp³-hybridized carbons (Fsp3) is 0.400. The Kier molecular flexibility index (Phi) is 12.6. The summed E-state index contributed by atoms with van der Waals surface area (Å²) in [6.07, 6.45) is 2.36. The summed E-state index contributed by atoms with van der Waals surface area (Å²) in [5.74, 6) is 0.144. The number of nitrogens with zero attached hydrogens (tertiary/aromatic N) is 2. The van der Waals surface area contributed by atoms with Crippen LogP contribution >= 0.6 is 0 Å². The van der Waals surface area contributed by atoms with Crippen LogP contribution in [0.25, 0.3) is 10.8 Å². The van der Waals surface area contributed by atoms with E-state index in [1.807, 2.05) is 74.5 Å². The van der Waals surface area contributed by atoms with Crippen LogP contribution in [0.4, 0.5) is 16.2 Å². The van der Waals surface area contributed by atoms with Crippen LogP contribution in [0, 0.1) is 5.92 Å². The molecule has 4 aromatic carbocycles. The molecule has 0 aliphatic carbocycles. The van der Waals surface area contributed by atoms with E-state index in [1.165, 1.54) is 5.56 Å². The molecule has 0 radical (unpaired) electrons. The largest absolute Gasteiger partial charge is 0.490 e. The van der Waals surface area contributed by atoms with Gasteiger partial charge in [-0.25, -0.2) is 4.79 Å². The highest BCUT2D eigenvalue weighted by atomic mass is 16.5. The second-order valence-corrected chi connectivity index (χ2v) is 13.3. The van der Waals surface area contributed by atoms with Crippen molar-refractivity contribution >= 4 is 34.1 Å². The average molecular weight is 667 g/mol. The summed E-state index contributed by atoms with van der Waals surface area (Å²) in [6, 6.07) is 28.2. The highest BCUT2D eigenvalue weighted by molar-refractivity contribution is 6.07. The molecule has 0 spiro atoms. The minimum atomic E-state index is -0.456. The molecule has 4 aromatic rings. The first-order valence-electron chi connectivity index (χ1n) is 17.3. The number of ether oxygens (including phenoxy) is 2. The van der Waals surface area contributed by atoms with Crippen molar-refractivity contribution in [2.45, 2.75) is 64.8 Å². The minimum absolute atomic E-state index is 0.0322. The number of amides is 3. The molecule has 1 aliphatic rings. The third-order valence-corrected chi connectivity index (χ3v) is 9.13. The molecule has 0 bridgehead atoms. The normalized spacial score (nSPS) is 19.8. The van der Waals surface area contributed by atoms with Crippen LogP contribution in [0.3, 0.4) is 0 Å². The van der Waals surface area contributed by atoms with Crippen molar-refractivity contribution in [3.8, 4) is 5.75 Å². The number of nitrogens with one attached hydrogen (secondary N) is 2. The van der Waals surface area contributed by atoms with E-state index in [-0.39, 0.29) is 30.6 Å². The zero-order valence-corrected chi connectivity index (χ0v) is 29.1. The Bertz CT molecular complexity index is 1680. The standard InChI is InChI=1S/C40H50N4O5/c1-28-24-44(29(2)27-45)39(46)35-23-33(41-40(47)42-36-19-12-17-32-16-8-9-18-34(32)36)20-21-37(35)49-30(3)13-10-11-22-48-38(28)26-43(4)25-31-14-6-5-7-15-31/h5-9,12,14-21,23,28-30,38,45H,10-11,13,22,24-27H2,1-4H3,(H2,41,42,47)/t28-,29-,30+,38-/m1/s1.